The molecule has 2 unspecified atom stereocenters. The van der Waals surface area contributed by atoms with E-state index in [2.05, 4.69) is 29.8 Å². The lowest BCUT2D eigenvalue weighted by atomic mass is 10.2. The van der Waals surface area contributed by atoms with Gasteiger partial charge >= 0.3 is 0 Å². The molecule has 8 heavy (non-hydrogen) atoms. The van der Waals surface area contributed by atoms with Gasteiger partial charge in [-0.2, -0.15) is 0 Å². The second-order valence-corrected chi connectivity index (χ2v) is 4.20. The number of alkyl halides is 2. The average molecular weight is 200 g/mol. The van der Waals surface area contributed by atoms with Gasteiger partial charge in [-0.3, -0.25) is 0 Å². The lowest BCUT2D eigenvalue weighted by molar-refractivity contribution is 0.728. The van der Waals surface area contributed by atoms with Crippen LogP contribution in [0, 0.1) is 0 Å². The molecule has 2 heteroatoms. The van der Waals surface area contributed by atoms with Gasteiger partial charge in [0.15, 0.2) is 0 Å². The Morgan fingerprint density at radius 3 is 2.25 bits per heavy atom. The van der Waals surface area contributed by atoms with Crippen LogP contribution >= 0.6 is 27.5 Å². The third-order valence-corrected chi connectivity index (χ3v) is 1.88. The molecule has 0 N–H and O–H groups in total. The van der Waals surface area contributed by atoms with Gasteiger partial charge in [-0.15, -0.1) is 11.6 Å². The van der Waals surface area contributed by atoms with Crippen molar-refractivity contribution in [3.05, 3.63) is 0 Å². The van der Waals surface area contributed by atoms with Gasteiger partial charge in [-0.05, 0) is 12.8 Å². The van der Waals surface area contributed by atoms with Crippen molar-refractivity contribution in [1.29, 1.82) is 0 Å². The van der Waals surface area contributed by atoms with Crippen LogP contribution < -0.4 is 0 Å². The van der Waals surface area contributed by atoms with Crippen LogP contribution in [0.2, 0.25) is 0 Å². The Kier molecular flexibility index (Phi) is 5.08. The first-order chi connectivity index (χ1) is 3.66. The van der Waals surface area contributed by atoms with E-state index >= 15 is 0 Å². The van der Waals surface area contributed by atoms with E-state index in [0.29, 0.717) is 10.2 Å². The van der Waals surface area contributed by atoms with Crippen molar-refractivity contribution in [2.75, 3.05) is 0 Å². The lowest BCUT2D eigenvalue weighted by Gasteiger charge is -2.06. The molecule has 0 aliphatic rings. The molecule has 0 fully saturated rings. The summed E-state index contributed by atoms with van der Waals surface area (Å²) in [5.41, 5.74) is 0. The largest absolute Gasteiger partial charge is 0.123 e. The molecule has 0 radical (unpaired) electrons. The van der Waals surface area contributed by atoms with Crippen molar-refractivity contribution < 1.29 is 0 Å². The van der Waals surface area contributed by atoms with Crippen molar-refractivity contribution in [2.45, 2.75) is 36.9 Å². The number of hydrogen-bond donors (Lipinski definition) is 0. The van der Waals surface area contributed by atoms with Gasteiger partial charge < -0.3 is 0 Å². The predicted octanol–water partition coefficient (Wildman–Crippen LogP) is 3.18. The quantitative estimate of drug-likeness (QED) is 0.613. The van der Waals surface area contributed by atoms with Crippen LogP contribution in [0.1, 0.15) is 26.7 Å². The Labute approximate surface area is 64.7 Å². The van der Waals surface area contributed by atoms with E-state index in [1.807, 2.05) is 0 Å². The highest BCUT2D eigenvalue weighted by molar-refractivity contribution is 9.09. The lowest BCUT2D eigenvalue weighted by Crippen LogP contribution is -2.02. The van der Waals surface area contributed by atoms with E-state index in [1.165, 1.54) is 0 Å². The van der Waals surface area contributed by atoms with E-state index in [9.17, 15) is 0 Å². The summed E-state index contributed by atoms with van der Waals surface area (Å²) in [5, 5.41) is 0.351. The minimum atomic E-state index is 0.351. The van der Waals surface area contributed by atoms with Crippen molar-refractivity contribution >= 4 is 27.5 Å². The predicted molar refractivity (Wildman–Crippen MR) is 42.9 cm³/mol. The van der Waals surface area contributed by atoms with Crippen molar-refractivity contribution in [1.82, 2.24) is 0 Å². The van der Waals surface area contributed by atoms with E-state index in [-0.39, 0.29) is 0 Å². The maximum Gasteiger partial charge on any atom is 0.0344 e. The Balaban J connectivity index is 3.10. The van der Waals surface area contributed by atoms with Crippen LogP contribution in [-0.4, -0.2) is 10.2 Å². The summed E-state index contributed by atoms with van der Waals surface area (Å²) in [5.74, 6) is 0. The molecular formula is C6H12BrCl. The fourth-order valence-corrected chi connectivity index (χ4v) is 1.45. The van der Waals surface area contributed by atoms with Crippen LogP contribution in [-0.2, 0) is 0 Å². The normalized spacial score (nSPS) is 18.0. The molecule has 0 saturated carbocycles. The summed E-state index contributed by atoms with van der Waals surface area (Å²) in [6, 6.07) is 0. The zero-order valence-corrected chi connectivity index (χ0v) is 7.67. The molecule has 0 bridgehead atoms. The Bertz CT molecular complexity index is 54.5. The molecule has 0 amide bonds. The Morgan fingerprint density at radius 1 is 1.62 bits per heavy atom. The first kappa shape index (κ1) is 8.77. The van der Waals surface area contributed by atoms with Crippen LogP contribution in [0.4, 0.5) is 0 Å². The molecule has 50 valence electrons. The van der Waals surface area contributed by atoms with Gasteiger partial charge in [0.25, 0.3) is 0 Å². The minimum Gasteiger partial charge on any atom is -0.123 e. The highest BCUT2D eigenvalue weighted by Gasteiger charge is 2.03. The molecule has 0 aliphatic heterocycles. The molecule has 0 rings (SSSR count). The first-order valence-corrected chi connectivity index (χ1v) is 4.30. The SMILES string of the molecule is CCC(Cl)CC(C)Br. The van der Waals surface area contributed by atoms with Crippen LogP contribution in [0.25, 0.3) is 0 Å². The maximum atomic E-state index is 5.83. The molecule has 0 aliphatic carbocycles. The second-order valence-electron chi connectivity index (χ2n) is 2.02. The summed E-state index contributed by atoms with van der Waals surface area (Å²) in [6.45, 7) is 4.22. The molecule has 2 atom stereocenters. The van der Waals surface area contributed by atoms with Crippen LogP contribution in [0.3, 0.4) is 0 Å². The molecule has 0 nitrogen and oxygen atoms in total. The molecule has 0 spiro atoms. The summed E-state index contributed by atoms with van der Waals surface area (Å²) < 4.78 is 0. The molecular weight excluding hydrogens is 187 g/mol. The zero-order chi connectivity index (χ0) is 6.57. The van der Waals surface area contributed by atoms with Crippen LogP contribution in [0.15, 0.2) is 0 Å². The van der Waals surface area contributed by atoms with Crippen LogP contribution in [0.5, 0.6) is 0 Å². The van der Waals surface area contributed by atoms with Gasteiger partial charge in [0.1, 0.15) is 0 Å². The van der Waals surface area contributed by atoms with E-state index in [0.717, 1.165) is 12.8 Å². The highest BCUT2D eigenvalue weighted by atomic mass is 79.9. The van der Waals surface area contributed by atoms with Gasteiger partial charge in [0.05, 0.1) is 0 Å². The molecule has 0 aromatic carbocycles. The van der Waals surface area contributed by atoms with Gasteiger partial charge in [-0.1, -0.05) is 29.8 Å². The van der Waals surface area contributed by atoms with Gasteiger partial charge in [0.2, 0.25) is 0 Å². The highest BCUT2D eigenvalue weighted by Crippen LogP contribution is 2.13. The number of halogens is 2. The molecule has 0 heterocycles. The summed E-state index contributed by atoms with van der Waals surface area (Å²) in [6.07, 6.45) is 2.13. The van der Waals surface area contributed by atoms with E-state index in [1.54, 1.807) is 0 Å². The minimum absolute atomic E-state index is 0.351. The molecule has 0 saturated heterocycles. The summed E-state index contributed by atoms with van der Waals surface area (Å²) in [7, 11) is 0. The Morgan fingerprint density at radius 2 is 2.12 bits per heavy atom. The number of hydrogen-bond acceptors (Lipinski definition) is 0. The summed E-state index contributed by atoms with van der Waals surface area (Å²) in [4.78, 5) is 0.560. The fourth-order valence-electron chi connectivity index (χ4n) is 0.519. The second kappa shape index (κ2) is 4.63. The third-order valence-electron chi connectivity index (χ3n) is 1.02. The standard InChI is InChI=1S/C6H12BrCl/c1-3-6(8)4-5(2)7/h5-6H,3-4H2,1-2H3. The number of rotatable bonds is 3. The average Bonchev–Trinajstić information content (AvgIpc) is 1.65. The first-order valence-electron chi connectivity index (χ1n) is 2.95. The van der Waals surface area contributed by atoms with Crippen molar-refractivity contribution in [2.24, 2.45) is 0 Å². The van der Waals surface area contributed by atoms with Gasteiger partial charge in [-0.25, -0.2) is 0 Å². The van der Waals surface area contributed by atoms with Crippen molar-refractivity contribution in [3.8, 4) is 0 Å². The fraction of sp³-hybridized carbons (Fsp3) is 1.00. The molecule has 0 aromatic rings. The van der Waals surface area contributed by atoms with Crippen molar-refractivity contribution in [3.63, 3.8) is 0 Å². The zero-order valence-electron chi connectivity index (χ0n) is 5.32. The maximum absolute atomic E-state index is 5.83. The van der Waals surface area contributed by atoms with Gasteiger partial charge in [0, 0.05) is 10.2 Å². The van der Waals surface area contributed by atoms with E-state index < -0.39 is 0 Å². The molecule has 0 aromatic heterocycles. The Hall–Kier alpha value is 0.770. The smallest absolute Gasteiger partial charge is 0.0344 e. The van der Waals surface area contributed by atoms with E-state index in [4.69, 9.17) is 11.6 Å². The topological polar surface area (TPSA) is 0 Å². The summed E-state index contributed by atoms with van der Waals surface area (Å²) >= 11 is 9.26. The monoisotopic (exact) mass is 198 g/mol. The third kappa shape index (κ3) is 4.92.